The molecule has 0 bridgehead atoms. The van der Waals surface area contributed by atoms with Crippen molar-refractivity contribution >= 4 is 5.91 Å². The van der Waals surface area contributed by atoms with Crippen LogP contribution in [0.5, 0.6) is 0 Å². The molecule has 1 amide bonds. The molecular weight excluding hydrogens is 216 g/mol. The zero-order valence-corrected chi connectivity index (χ0v) is 9.54. The Morgan fingerprint density at radius 2 is 2.12 bits per heavy atom. The Bertz CT molecular complexity index is 421. The van der Waals surface area contributed by atoms with Gasteiger partial charge in [0.1, 0.15) is 0 Å². The van der Waals surface area contributed by atoms with Gasteiger partial charge in [0.2, 0.25) is 0 Å². The number of benzene rings is 1. The van der Waals surface area contributed by atoms with E-state index >= 15 is 0 Å². The number of fused-ring (bicyclic) bond motifs is 1. The van der Waals surface area contributed by atoms with Crippen molar-refractivity contribution < 1.29 is 9.90 Å². The van der Waals surface area contributed by atoms with E-state index in [1.807, 2.05) is 35.2 Å². The molecule has 1 aromatic carbocycles. The standard InChI is InChI=1S/C13H16N2O2/c16-11-8-15(10-6-7-14-12(10)11)13(17)9-4-2-1-3-5-9/h1-5,10-12,14,16H,6-8H2. The van der Waals surface area contributed by atoms with Crippen LogP contribution in [-0.2, 0) is 0 Å². The third-order valence-corrected chi connectivity index (χ3v) is 3.71. The van der Waals surface area contributed by atoms with Crippen LogP contribution in [0.3, 0.4) is 0 Å². The molecule has 1 aromatic rings. The van der Waals surface area contributed by atoms with Crippen molar-refractivity contribution in [3.8, 4) is 0 Å². The van der Waals surface area contributed by atoms with Crippen molar-refractivity contribution in [1.29, 1.82) is 0 Å². The van der Waals surface area contributed by atoms with Gasteiger partial charge in [0.25, 0.3) is 5.91 Å². The van der Waals surface area contributed by atoms with Gasteiger partial charge in [-0.3, -0.25) is 4.79 Å². The lowest BCUT2D eigenvalue weighted by Gasteiger charge is -2.22. The molecule has 4 heteroatoms. The molecule has 0 aromatic heterocycles. The first-order chi connectivity index (χ1) is 8.27. The normalized spacial score (nSPS) is 31.6. The zero-order chi connectivity index (χ0) is 11.8. The van der Waals surface area contributed by atoms with Crippen molar-refractivity contribution in [2.24, 2.45) is 0 Å². The summed E-state index contributed by atoms with van der Waals surface area (Å²) in [5.74, 6) is 0.0286. The van der Waals surface area contributed by atoms with Gasteiger partial charge in [0, 0.05) is 12.1 Å². The minimum absolute atomic E-state index is 0.0286. The van der Waals surface area contributed by atoms with E-state index in [-0.39, 0.29) is 18.0 Å². The Balaban J connectivity index is 1.83. The maximum atomic E-state index is 12.3. The molecule has 3 atom stereocenters. The zero-order valence-electron chi connectivity index (χ0n) is 9.54. The van der Waals surface area contributed by atoms with Crippen LogP contribution in [0, 0.1) is 0 Å². The van der Waals surface area contributed by atoms with Crippen LogP contribution in [0.25, 0.3) is 0 Å². The first-order valence-electron chi connectivity index (χ1n) is 6.05. The molecule has 2 heterocycles. The van der Waals surface area contributed by atoms with Crippen molar-refractivity contribution in [1.82, 2.24) is 10.2 Å². The van der Waals surface area contributed by atoms with E-state index < -0.39 is 6.10 Å². The van der Waals surface area contributed by atoms with Gasteiger partial charge < -0.3 is 15.3 Å². The number of aliphatic hydroxyl groups excluding tert-OH is 1. The van der Waals surface area contributed by atoms with Crippen molar-refractivity contribution in [3.63, 3.8) is 0 Å². The van der Waals surface area contributed by atoms with Gasteiger partial charge in [-0.2, -0.15) is 0 Å². The highest BCUT2D eigenvalue weighted by Gasteiger charge is 2.45. The number of nitrogens with one attached hydrogen (secondary N) is 1. The predicted octanol–water partition coefficient (Wildman–Crippen LogP) is 0.234. The fourth-order valence-electron chi connectivity index (χ4n) is 2.89. The van der Waals surface area contributed by atoms with E-state index in [0.29, 0.717) is 12.1 Å². The van der Waals surface area contributed by atoms with Crippen molar-refractivity contribution in [2.75, 3.05) is 13.1 Å². The summed E-state index contributed by atoms with van der Waals surface area (Å²) in [5.41, 5.74) is 0.701. The predicted molar refractivity (Wildman–Crippen MR) is 63.7 cm³/mol. The monoisotopic (exact) mass is 232 g/mol. The highest BCUT2D eigenvalue weighted by atomic mass is 16.3. The van der Waals surface area contributed by atoms with E-state index in [2.05, 4.69) is 5.32 Å². The summed E-state index contributed by atoms with van der Waals surface area (Å²) >= 11 is 0. The summed E-state index contributed by atoms with van der Waals surface area (Å²) in [4.78, 5) is 14.1. The molecule has 2 N–H and O–H groups in total. The van der Waals surface area contributed by atoms with E-state index in [1.54, 1.807) is 0 Å². The van der Waals surface area contributed by atoms with E-state index in [4.69, 9.17) is 0 Å². The second kappa shape index (κ2) is 4.13. The number of carbonyl (C=O) groups is 1. The quantitative estimate of drug-likeness (QED) is 0.729. The highest BCUT2D eigenvalue weighted by Crippen LogP contribution is 2.26. The second-order valence-corrected chi connectivity index (χ2v) is 4.73. The Labute approximate surface area is 100 Å². The van der Waals surface area contributed by atoms with Gasteiger partial charge >= 0.3 is 0 Å². The van der Waals surface area contributed by atoms with Crippen LogP contribution < -0.4 is 5.32 Å². The minimum atomic E-state index is -0.435. The molecular formula is C13H16N2O2. The molecule has 0 saturated carbocycles. The number of aliphatic hydroxyl groups is 1. The largest absolute Gasteiger partial charge is 0.390 e. The molecule has 90 valence electrons. The number of β-amino-alcohol motifs (C(OH)–C–C–N with tert-alkyl or cyclic N) is 1. The highest BCUT2D eigenvalue weighted by molar-refractivity contribution is 5.94. The molecule has 0 radical (unpaired) electrons. The van der Waals surface area contributed by atoms with Crippen LogP contribution in [0.1, 0.15) is 16.8 Å². The lowest BCUT2D eigenvalue weighted by molar-refractivity contribution is 0.0715. The molecule has 3 unspecified atom stereocenters. The molecule has 3 rings (SSSR count). The first kappa shape index (κ1) is 10.7. The van der Waals surface area contributed by atoms with Crippen LogP contribution in [0.2, 0.25) is 0 Å². The molecule has 4 nitrogen and oxygen atoms in total. The van der Waals surface area contributed by atoms with E-state index in [1.165, 1.54) is 0 Å². The molecule has 2 fully saturated rings. The molecule has 2 aliphatic heterocycles. The summed E-state index contributed by atoms with van der Waals surface area (Å²) in [6, 6.07) is 9.49. The Hall–Kier alpha value is -1.39. The molecule has 0 spiro atoms. The van der Waals surface area contributed by atoms with Gasteiger partial charge in [-0.05, 0) is 25.1 Å². The number of rotatable bonds is 1. The molecule has 2 saturated heterocycles. The van der Waals surface area contributed by atoms with Gasteiger partial charge in [-0.25, -0.2) is 0 Å². The average Bonchev–Trinajstić information content (AvgIpc) is 2.94. The molecule has 17 heavy (non-hydrogen) atoms. The number of amides is 1. The lowest BCUT2D eigenvalue weighted by atomic mass is 10.1. The summed E-state index contributed by atoms with van der Waals surface area (Å²) < 4.78 is 0. The number of carbonyl (C=O) groups excluding carboxylic acids is 1. The second-order valence-electron chi connectivity index (χ2n) is 4.73. The van der Waals surface area contributed by atoms with Crippen LogP contribution in [0.15, 0.2) is 30.3 Å². The summed E-state index contributed by atoms with van der Waals surface area (Å²) in [5, 5.41) is 13.2. The Morgan fingerprint density at radius 1 is 1.35 bits per heavy atom. The van der Waals surface area contributed by atoms with Gasteiger partial charge in [-0.15, -0.1) is 0 Å². The van der Waals surface area contributed by atoms with Crippen LogP contribution >= 0.6 is 0 Å². The average molecular weight is 232 g/mol. The molecule has 2 aliphatic rings. The lowest BCUT2D eigenvalue weighted by Crippen LogP contribution is -2.39. The Kier molecular flexibility index (Phi) is 2.61. The first-order valence-corrected chi connectivity index (χ1v) is 6.05. The third kappa shape index (κ3) is 1.73. The van der Waals surface area contributed by atoms with Crippen molar-refractivity contribution in [2.45, 2.75) is 24.6 Å². The maximum absolute atomic E-state index is 12.3. The smallest absolute Gasteiger partial charge is 0.254 e. The topological polar surface area (TPSA) is 52.6 Å². The SMILES string of the molecule is O=C(c1ccccc1)N1CC(O)C2NCCC21. The maximum Gasteiger partial charge on any atom is 0.254 e. The number of nitrogens with zero attached hydrogens (tertiary/aromatic N) is 1. The van der Waals surface area contributed by atoms with Crippen LogP contribution in [-0.4, -0.2) is 47.2 Å². The number of likely N-dealkylation sites (tertiary alicyclic amines) is 1. The third-order valence-electron chi connectivity index (χ3n) is 3.71. The van der Waals surface area contributed by atoms with Gasteiger partial charge in [0.05, 0.1) is 18.2 Å². The summed E-state index contributed by atoms with van der Waals surface area (Å²) in [6.07, 6.45) is 0.496. The van der Waals surface area contributed by atoms with E-state index in [0.717, 1.165) is 13.0 Å². The number of hydrogen-bond donors (Lipinski definition) is 2. The fourth-order valence-corrected chi connectivity index (χ4v) is 2.89. The van der Waals surface area contributed by atoms with Crippen molar-refractivity contribution in [3.05, 3.63) is 35.9 Å². The Morgan fingerprint density at radius 3 is 2.88 bits per heavy atom. The fraction of sp³-hybridized carbons (Fsp3) is 0.462. The van der Waals surface area contributed by atoms with E-state index in [9.17, 15) is 9.90 Å². The van der Waals surface area contributed by atoms with Gasteiger partial charge in [0.15, 0.2) is 0 Å². The number of hydrogen-bond acceptors (Lipinski definition) is 3. The summed E-state index contributed by atoms with van der Waals surface area (Å²) in [7, 11) is 0. The minimum Gasteiger partial charge on any atom is -0.390 e. The summed E-state index contributed by atoms with van der Waals surface area (Å²) in [6.45, 7) is 1.32. The molecule has 0 aliphatic carbocycles. The van der Waals surface area contributed by atoms with Crippen LogP contribution in [0.4, 0.5) is 0 Å². The van der Waals surface area contributed by atoms with Gasteiger partial charge in [-0.1, -0.05) is 18.2 Å².